The molecule has 0 radical (unpaired) electrons. The molecule has 1 aliphatic rings. The summed E-state index contributed by atoms with van der Waals surface area (Å²) in [5.41, 5.74) is 5.35. The van der Waals surface area contributed by atoms with Gasteiger partial charge >= 0.3 is 5.97 Å². The first kappa shape index (κ1) is 25.5. The fourth-order valence-electron chi connectivity index (χ4n) is 4.76. The Morgan fingerprint density at radius 3 is 1.94 bits per heavy atom. The number of aryl methyl sites for hydroxylation is 2. The minimum Gasteiger partial charge on any atom is -0.460 e. The number of carbonyl (C=O) groups is 1. The molecule has 2 nitrogen and oxygen atoms in total. The van der Waals surface area contributed by atoms with E-state index in [1.54, 1.807) is 0 Å². The van der Waals surface area contributed by atoms with Gasteiger partial charge < -0.3 is 4.74 Å². The maximum absolute atomic E-state index is 13.8. The maximum atomic E-state index is 13.8. The Bertz CT molecular complexity index is 819. The molecule has 0 bridgehead atoms. The maximum Gasteiger partial charge on any atom is 0.340 e. The molecular formula is C30H41FO2. The molecule has 0 amide bonds. The van der Waals surface area contributed by atoms with Gasteiger partial charge in [0.15, 0.2) is 6.17 Å². The van der Waals surface area contributed by atoms with Crippen LogP contribution in [-0.4, -0.2) is 18.2 Å². The summed E-state index contributed by atoms with van der Waals surface area (Å²) < 4.78 is 19.3. The van der Waals surface area contributed by atoms with Crippen LogP contribution >= 0.6 is 0 Å². The summed E-state index contributed by atoms with van der Waals surface area (Å²) in [5, 5.41) is 0. The number of unbranched alkanes of at least 4 members (excludes halogenated alkanes) is 2. The number of hydrogen-bond donors (Lipinski definition) is 0. The van der Waals surface area contributed by atoms with Gasteiger partial charge in [-0.3, -0.25) is 0 Å². The summed E-state index contributed by atoms with van der Waals surface area (Å²) in [6.45, 7) is 4.23. The average molecular weight is 453 g/mol. The number of alkyl halides is 1. The second-order valence-electron chi connectivity index (χ2n) is 9.73. The lowest BCUT2D eigenvalue weighted by molar-refractivity contribution is -0.157. The fourth-order valence-corrected chi connectivity index (χ4v) is 4.76. The smallest absolute Gasteiger partial charge is 0.340 e. The highest BCUT2D eigenvalue weighted by molar-refractivity contribution is 5.74. The number of carbonyl (C=O) groups excluding carboxylic acids is 1. The minimum atomic E-state index is -1.45. The first-order valence-corrected chi connectivity index (χ1v) is 13.1. The Morgan fingerprint density at radius 2 is 1.39 bits per heavy atom. The minimum absolute atomic E-state index is 0.0960. The third-order valence-electron chi connectivity index (χ3n) is 7.04. The van der Waals surface area contributed by atoms with E-state index in [-0.39, 0.29) is 12.5 Å². The number of ether oxygens (including phenoxy) is 1. The van der Waals surface area contributed by atoms with E-state index in [9.17, 15) is 9.18 Å². The lowest BCUT2D eigenvalue weighted by Crippen LogP contribution is -2.29. The van der Waals surface area contributed by atoms with Crippen molar-refractivity contribution in [3.05, 3.63) is 59.7 Å². The molecule has 1 fully saturated rings. The standard InChI is InChI=1S/C30H41FO2/c1-3-5-7-23-11-17-26(18-12-23)27-19-13-24(14-20-27)9-10-25-15-21-28(22-16-25)33-30(32)29(31)8-6-4-2/h11-14,17-20,25,28-29H,3-10,15-16,21-22H2,1-2H3/t25-,28-,29-/m0/s1. The summed E-state index contributed by atoms with van der Waals surface area (Å²) >= 11 is 0. The van der Waals surface area contributed by atoms with E-state index in [4.69, 9.17) is 4.74 Å². The molecule has 0 spiro atoms. The van der Waals surface area contributed by atoms with Gasteiger partial charge in [0.05, 0.1) is 0 Å². The van der Waals surface area contributed by atoms with Crippen molar-refractivity contribution >= 4 is 5.97 Å². The van der Waals surface area contributed by atoms with E-state index in [1.807, 2.05) is 6.92 Å². The van der Waals surface area contributed by atoms with Crippen LogP contribution in [0.15, 0.2) is 48.5 Å². The predicted octanol–water partition coefficient (Wildman–Crippen LogP) is 8.26. The summed E-state index contributed by atoms with van der Waals surface area (Å²) in [6, 6.07) is 18.0. The molecule has 0 N–H and O–H groups in total. The molecule has 33 heavy (non-hydrogen) atoms. The highest BCUT2D eigenvalue weighted by Gasteiger charge is 2.27. The van der Waals surface area contributed by atoms with Crippen LogP contribution in [0.25, 0.3) is 11.1 Å². The summed E-state index contributed by atoms with van der Waals surface area (Å²) in [5.74, 6) is 0.0131. The molecule has 0 aliphatic heterocycles. The van der Waals surface area contributed by atoms with Gasteiger partial charge in [-0.25, -0.2) is 9.18 Å². The molecule has 0 heterocycles. The molecule has 1 saturated carbocycles. The molecule has 0 unspecified atom stereocenters. The molecule has 2 aromatic rings. The van der Waals surface area contributed by atoms with E-state index in [2.05, 4.69) is 55.5 Å². The molecule has 3 heteroatoms. The van der Waals surface area contributed by atoms with Crippen LogP contribution in [0.2, 0.25) is 0 Å². The lowest BCUT2D eigenvalue weighted by Gasteiger charge is -2.28. The van der Waals surface area contributed by atoms with Crippen molar-refractivity contribution in [3.63, 3.8) is 0 Å². The summed E-state index contributed by atoms with van der Waals surface area (Å²) in [4.78, 5) is 11.9. The number of hydrogen-bond acceptors (Lipinski definition) is 2. The van der Waals surface area contributed by atoms with Gasteiger partial charge in [0.1, 0.15) is 6.10 Å². The average Bonchev–Trinajstić information content (AvgIpc) is 2.86. The van der Waals surface area contributed by atoms with E-state index < -0.39 is 12.1 Å². The molecule has 2 aromatic carbocycles. The molecule has 1 aliphatic carbocycles. The van der Waals surface area contributed by atoms with E-state index in [1.165, 1.54) is 35.1 Å². The normalized spacial score (nSPS) is 19.2. The van der Waals surface area contributed by atoms with Crippen molar-refractivity contribution in [1.82, 2.24) is 0 Å². The van der Waals surface area contributed by atoms with Crippen molar-refractivity contribution in [3.8, 4) is 11.1 Å². The van der Waals surface area contributed by atoms with Crippen molar-refractivity contribution in [1.29, 1.82) is 0 Å². The van der Waals surface area contributed by atoms with Crippen LogP contribution in [0, 0.1) is 5.92 Å². The van der Waals surface area contributed by atoms with Crippen LogP contribution in [-0.2, 0) is 22.4 Å². The third-order valence-corrected chi connectivity index (χ3v) is 7.04. The van der Waals surface area contributed by atoms with Gasteiger partial charge in [0.25, 0.3) is 0 Å². The number of halogens is 1. The highest BCUT2D eigenvalue weighted by Crippen LogP contribution is 2.30. The predicted molar refractivity (Wildman–Crippen MR) is 135 cm³/mol. The van der Waals surface area contributed by atoms with Crippen molar-refractivity contribution < 1.29 is 13.9 Å². The SMILES string of the molecule is CCCCc1ccc(-c2ccc(CC[C@H]3CC[C@H](OC(=O)[C@@H](F)CCCC)CC3)cc2)cc1. The van der Waals surface area contributed by atoms with Crippen molar-refractivity contribution in [2.75, 3.05) is 0 Å². The number of rotatable bonds is 12. The third kappa shape index (κ3) is 8.28. The first-order chi connectivity index (χ1) is 16.1. The van der Waals surface area contributed by atoms with Gasteiger partial charge in [0.2, 0.25) is 0 Å². The largest absolute Gasteiger partial charge is 0.460 e. The molecule has 0 saturated heterocycles. The van der Waals surface area contributed by atoms with Gasteiger partial charge in [-0.05, 0) is 86.0 Å². The molecule has 180 valence electrons. The number of esters is 1. The van der Waals surface area contributed by atoms with Gasteiger partial charge in [-0.15, -0.1) is 0 Å². The second-order valence-corrected chi connectivity index (χ2v) is 9.73. The summed E-state index contributed by atoms with van der Waals surface area (Å²) in [6.07, 6.45) is 10.1. The van der Waals surface area contributed by atoms with Crippen LogP contribution in [0.4, 0.5) is 4.39 Å². The van der Waals surface area contributed by atoms with Gasteiger partial charge in [0, 0.05) is 0 Å². The zero-order chi connectivity index (χ0) is 23.5. The van der Waals surface area contributed by atoms with Crippen LogP contribution in [0.1, 0.15) is 89.2 Å². The van der Waals surface area contributed by atoms with E-state index in [0.717, 1.165) is 57.8 Å². The van der Waals surface area contributed by atoms with Gasteiger partial charge in [-0.2, -0.15) is 0 Å². The van der Waals surface area contributed by atoms with E-state index in [0.29, 0.717) is 5.92 Å². The van der Waals surface area contributed by atoms with Gasteiger partial charge in [-0.1, -0.05) is 81.6 Å². The van der Waals surface area contributed by atoms with Crippen molar-refractivity contribution in [2.45, 2.75) is 103 Å². The van der Waals surface area contributed by atoms with Crippen LogP contribution in [0.5, 0.6) is 0 Å². The quantitative estimate of drug-likeness (QED) is 0.303. The first-order valence-electron chi connectivity index (χ1n) is 13.1. The topological polar surface area (TPSA) is 26.3 Å². The Morgan fingerprint density at radius 1 is 0.848 bits per heavy atom. The Labute approximate surface area is 199 Å². The Kier molecular flexibility index (Phi) is 10.4. The zero-order valence-corrected chi connectivity index (χ0v) is 20.5. The van der Waals surface area contributed by atoms with E-state index >= 15 is 0 Å². The monoisotopic (exact) mass is 452 g/mol. The molecule has 3 rings (SSSR count). The molecule has 1 atom stereocenters. The second kappa shape index (κ2) is 13.5. The van der Waals surface area contributed by atoms with Crippen molar-refractivity contribution in [2.24, 2.45) is 5.92 Å². The number of benzene rings is 2. The zero-order valence-electron chi connectivity index (χ0n) is 20.5. The Hall–Kier alpha value is -2.16. The Balaban J connectivity index is 1.39. The molecule has 0 aromatic heterocycles. The molecular weight excluding hydrogens is 411 g/mol. The lowest BCUT2D eigenvalue weighted by atomic mass is 9.83. The summed E-state index contributed by atoms with van der Waals surface area (Å²) in [7, 11) is 0. The fraction of sp³-hybridized carbons (Fsp3) is 0.567. The van der Waals surface area contributed by atoms with Crippen LogP contribution < -0.4 is 0 Å². The van der Waals surface area contributed by atoms with Crippen LogP contribution in [0.3, 0.4) is 0 Å². The highest BCUT2D eigenvalue weighted by atomic mass is 19.1.